The van der Waals surface area contributed by atoms with Gasteiger partial charge in [-0.1, -0.05) is 6.42 Å². The van der Waals surface area contributed by atoms with Crippen LogP contribution in [0.3, 0.4) is 0 Å². The van der Waals surface area contributed by atoms with Gasteiger partial charge in [-0.15, -0.1) is 0 Å². The summed E-state index contributed by atoms with van der Waals surface area (Å²) in [6, 6.07) is 3.64. The summed E-state index contributed by atoms with van der Waals surface area (Å²) in [5.41, 5.74) is 0.758. The highest BCUT2D eigenvalue weighted by atomic mass is 16.3. The van der Waals surface area contributed by atoms with E-state index in [1.54, 1.807) is 19.2 Å². The first-order valence-electron chi connectivity index (χ1n) is 7.51. The van der Waals surface area contributed by atoms with Crippen molar-refractivity contribution in [2.24, 2.45) is 5.41 Å². The monoisotopic (exact) mass is 274 g/mol. The Hall–Kier alpha value is -1.42. The minimum absolute atomic E-state index is 0.0478. The lowest BCUT2D eigenvalue weighted by Crippen LogP contribution is -2.47. The predicted molar refractivity (Wildman–Crippen MR) is 78.0 cm³/mol. The maximum absolute atomic E-state index is 11.5. The van der Waals surface area contributed by atoms with Gasteiger partial charge in [-0.25, -0.2) is 4.98 Å². The van der Waals surface area contributed by atoms with Crippen LogP contribution >= 0.6 is 0 Å². The van der Waals surface area contributed by atoms with Crippen LogP contribution in [0.1, 0.15) is 49.4 Å². The molecule has 0 aromatic carbocycles. The van der Waals surface area contributed by atoms with E-state index in [9.17, 15) is 9.90 Å². The number of pyridine rings is 1. The van der Waals surface area contributed by atoms with Crippen molar-refractivity contribution in [1.82, 2.24) is 4.98 Å². The van der Waals surface area contributed by atoms with Crippen molar-refractivity contribution in [3.05, 3.63) is 23.9 Å². The summed E-state index contributed by atoms with van der Waals surface area (Å²) in [6.45, 7) is 3.41. The molecule has 3 rings (SSSR count). The summed E-state index contributed by atoms with van der Waals surface area (Å²) in [7, 11) is 0. The summed E-state index contributed by atoms with van der Waals surface area (Å²) in [6.07, 6.45) is 6.88. The third-order valence-electron chi connectivity index (χ3n) is 4.94. The lowest BCUT2D eigenvalue weighted by Gasteiger charge is -2.43. The molecule has 108 valence electrons. The molecule has 1 aliphatic carbocycles. The summed E-state index contributed by atoms with van der Waals surface area (Å²) >= 11 is 0. The molecule has 1 saturated heterocycles. The Balaban J connectivity index is 1.83. The second-order valence-corrected chi connectivity index (χ2v) is 6.25. The van der Waals surface area contributed by atoms with Crippen molar-refractivity contribution in [3.8, 4) is 0 Å². The molecule has 0 bridgehead atoms. The van der Waals surface area contributed by atoms with Crippen molar-refractivity contribution < 1.29 is 9.90 Å². The zero-order chi connectivity index (χ0) is 14.2. The van der Waals surface area contributed by atoms with Crippen molar-refractivity contribution in [2.75, 3.05) is 18.0 Å². The highest BCUT2D eigenvalue weighted by Crippen LogP contribution is 2.45. The Kier molecular flexibility index (Phi) is 3.50. The molecule has 1 N–H and O–H groups in total. The van der Waals surface area contributed by atoms with Crippen LogP contribution in [0.4, 0.5) is 5.82 Å². The average molecular weight is 274 g/mol. The first-order chi connectivity index (χ1) is 9.61. The largest absolute Gasteiger partial charge is 0.392 e. The van der Waals surface area contributed by atoms with Gasteiger partial charge in [-0.05, 0) is 44.7 Å². The number of nitrogens with zero attached hydrogens (tertiary/aromatic N) is 2. The van der Waals surface area contributed by atoms with Crippen molar-refractivity contribution in [1.29, 1.82) is 0 Å². The Bertz CT molecular complexity index is 517. The van der Waals surface area contributed by atoms with Crippen LogP contribution in [0, 0.1) is 5.41 Å². The predicted octanol–water partition coefficient (Wildman–Crippen LogP) is 2.42. The van der Waals surface area contributed by atoms with Crippen molar-refractivity contribution >= 4 is 11.6 Å². The van der Waals surface area contributed by atoms with Crippen LogP contribution in [0.25, 0.3) is 0 Å². The minimum Gasteiger partial charge on any atom is -0.392 e. The van der Waals surface area contributed by atoms with Crippen LogP contribution in [-0.2, 0) is 0 Å². The molecular weight excluding hydrogens is 252 g/mol. The van der Waals surface area contributed by atoms with E-state index in [4.69, 9.17) is 0 Å². The maximum atomic E-state index is 11.5. The number of ketones is 1. The fourth-order valence-electron chi connectivity index (χ4n) is 3.76. The number of aliphatic hydroxyl groups excluding tert-OH is 1. The fourth-order valence-corrected chi connectivity index (χ4v) is 3.76. The number of hydrogen-bond donors (Lipinski definition) is 1. The molecule has 20 heavy (non-hydrogen) atoms. The Morgan fingerprint density at radius 2 is 2.25 bits per heavy atom. The number of Topliss-reactive ketones (excluding diaryl/α,β-unsaturated/α-hetero) is 1. The van der Waals surface area contributed by atoms with Crippen molar-refractivity contribution in [3.63, 3.8) is 0 Å². The first-order valence-corrected chi connectivity index (χ1v) is 7.51. The first kappa shape index (κ1) is 13.6. The summed E-state index contributed by atoms with van der Waals surface area (Å²) in [5.74, 6) is 0.942. The summed E-state index contributed by atoms with van der Waals surface area (Å²) in [4.78, 5) is 18.2. The lowest BCUT2D eigenvalue weighted by molar-refractivity contribution is 0.0408. The standard InChI is InChI=1S/C16H22N2O2/c1-12(19)13-5-8-17-15(10-13)18-9-3-7-16(11-18)6-2-4-14(16)20/h5,8,10,14,20H,2-4,6-7,9,11H2,1H3/t14-,16-/m1/s1. The van der Waals surface area contributed by atoms with Gasteiger partial charge in [0.2, 0.25) is 0 Å². The molecule has 4 heteroatoms. The van der Waals surface area contributed by atoms with Crippen LogP contribution < -0.4 is 4.90 Å². The maximum Gasteiger partial charge on any atom is 0.159 e. The van der Waals surface area contributed by atoms with Gasteiger partial charge in [0, 0.05) is 30.3 Å². The van der Waals surface area contributed by atoms with Gasteiger partial charge in [0.15, 0.2) is 5.78 Å². The fraction of sp³-hybridized carbons (Fsp3) is 0.625. The van der Waals surface area contributed by atoms with Crippen LogP contribution in [0.5, 0.6) is 0 Å². The Labute approximate surface area is 119 Å². The molecule has 1 saturated carbocycles. The minimum atomic E-state index is -0.179. The smallest absolute Gasteiger partial charge is 0.159 e. The van der Waals surface area contributed by atoms with Gasteiger partial charge in [-0.3, -0.25) is 4.79 Å². The summed E-state index contributed by atoms with van der Waals surface area (Å²) < 4.78 is 0. The number of rotatable bonds is 2. The van der Waals surface area contributed by atoms with Crippen molar-refractivity contribution in [2.45, 2.75) is 45.1 Å². The van der Waals surface area contributed by atoms with E-state index in [1.165, 1.54) is 0 Å². The number of piperidine rings is 1. The molecule has 2 atom stereocenters. The van der Waals surface area contributed by atoms with E-state index in [0.29, 0.717) is 5.56 Å². The van der Waals surface area contributed by atoms with Crippen LogP contribution in [-0.4, -0.2) is 35.1 Å². The Morgan fingerprint density at radius 1 is 1.45 bits per heavy atom. The topological polar surface area (TPSA) is 53.4 Å². The molecular formula is C16H22N2O2. The molecule has 0 amide bonds. The Morgan fingerprint density at radius 3 is 2.95 bits per heavy atom. The van der Waals surface area contributed by atoms with Gasteiger partial charge < -0.3 is 10.0 Å². The quantitative estimate of drug-likeness (QED) is 0.841. The molecule has 4 nitrogen and oxygen atoms in total. The molecule has 0 radical (unpaired) electrons. The zero-order valence-electron chi connectivity index (χ0n) is 12.0. The number of carbonyl (C=O) groups excluding carboxylic acids is 1. The lowest BCUT2D eigenvalue weighted by atomic mass is 9.76. The van der Waals surface area contributed by atoms with Gasteiger partial charge in [-0.2, -0.15) is 0 Å². The van der Waals surface area contributed by atoms with Gasteiger partial charge in [0.25, 0.3) is 0 Å². The normalized spacial score (nSPS) is 29.9. The molecule has 2 aliphatic rings. The molecule has 1 aliphatic heterocycles. The average Bonchev–Trinajstić information content (AvgIpc) is 2.80. The van der Waals surface area contributed by atoms with Gasteiger partial charge >= 0.3 is 0 Å². The van der Waals surface area contributed by atoms with E-state index in [-0.39, 0.29) is 17.3 Å². The second-order valence-electron chi connectivity index (χ2n) is 6.25. The zero-order valence-corrected chi connectivity index (χ0v) is 12.0. The highest BCUT2D eigenvalue weighted by molar-refractivity contribution is 5.94. The molecule has 1 spiro atoms. The number of hydrogen-bond acceptors (Lipinski definition) is 4. The number of aromatic nitrogens is 1. The van der Waals surface area contributed by atoms with E-state index >= 15 is 0 Å². The van der Waals surface area contributed by atoms with E-state index in [1.807, 2.05) is 6.07 Å². The number of aliphatic hydroxyl groups is 1. The SMILES string of the molecule is CC(=O)c1ccnc(N2CCC[C@]3(CCC[C@H]3O)C2)c1. The van der Waals surface area contributed by atoms with E-state index in [2.05, 4.69) is 9.88 Å². The highest BCUT2D eigenvalue weighted by Gasteiger charge is 2.44. The molecule has 1 aromatic rings. The molecule has 2 heterocycles. The third kappa shape index (κ3) is 2.33. The van der Waals surface area contributed by atoms with Crippen LogP contribution in [0.2, 0.25) is 0 Å². The third-order valence-corrected chi connectivity index (χ3v) is 4.94. The molecule has 0 unspecified atom stereocenters. The van der Waals surface area contributed by atoms with Crippen LogP contribution in [0.15, 0.2) is 18.3 Å². The number of carbonyl (C=O) groups is 1. The number of anilines is 1. The molecule has 2 fully saturated rings. The second kappa shape index (κ2) is 5.17. The molecule has 1 aromatic heterocycles. The van der Waals surface area contributed by atoms with E-state index in [0.717, 1.165) is 51.0 Å². The van der Waals surface area contributed by atoms with Gasteiger partial charge in [0.05, 0.1) is 6.10 Å². The summed E-state index contributed by atoms with van der Waals surface area (Å²) in [5, 5.41) is 10.3. The van der Waals surface area contributed by atoms with Gasteiger partial charge in [0.1, 0.15) is 5.82 Å². The van der Waals surface area contributed by atoms with E-state index < -0.39 is 0 Å².